The molecule has 5 heteroatoms. The number of benzene rings is 2. The van der Waals surface area contributed by atoms with E-state index in [1.807, 2.05) is 30.3 Å². The predicted molar refractivity (Wildman–Crippen MR) is 81.7 cm³/mol. The highest BCUT2D eigenvalue weighted by molar-refractivity contribution is 6.32. The zero-order valence-electron chi connectivity index (χ0n) is 11.0. The normalized spacial score (nSPS) is 10.4. The second-order valence-electron chi connectivity index (χ2n) is 4.23. The summed E-state index contributed by atoms with van der Waals surface area (Å²) in [7, 11) is 1.57. The number of ether oxygens (including phenoxy) is 2. The molecule has 0 saturated carbocycles. The van der Waals surface area contributed by atoms with Gasteiger partial charge in [-0.25, -0.2) is 0 Å². The predicted octanol–water partition coefficient (Wildman–Crippen LogP) is 4.04. The first kappa shape index (κ1) is 15.0. The van der Waals surface area contributed by atoms with Crippen molar-refractivity contribution < 1.29 is 9.47 Å². The first-order chi connectivity index (χ1) is 9.63. The minimum Gasteiger partial charge on any atom is -0.493 e. The molecule has 0 aliphatic rings. The number of hydrogen-bond donors (Lipinski definition) is 1. The third kappa shape index (κ3) is 3.57. The van der Waals surface area contributed by atoms with Gasteiger partial charge in [0.05, 0.1) is 12.1 Å². The van der Waals surface area contributed by atoms with Gasteiger partial charge in [0.1, 0.15) is 6.61 Å². The molecule has 0 unspecified atom stereocenters. The molecule has 0 heterocycles. The lowest BCUT2D eigenvalue weighted by Gasteiger charge is -2.14. The van der Waals surface area contributed by atoms with Crippen LogP contribution in [0.2, 0.25) is 10.0 Å². The van der Waals surface area contributed by atoms with Crippen LogP contribution in [0.15, 0.2) is 36.4 Å². The van der Waals surface area contributed by atoms with Crippen molar-refractivity contribution in [2.75, 3.05) is 7.11 Å². The monoisotopic (exact) mass is 311 g/mol. The Morgan fingerprint density at radius 2 is 1.90 bits per heavy atom. The summed E-state index contributed by atoms with van der Waals surface area (Å²) in [6.07, 6.45) is 0. The maximum Gasteiger partial charge on any atom is 0.180 e. The summed E-state index contributed by atoms with van der Waals surface area (Å²) in [4.78, 5) is 0. The minimum absolute atomic E-state index is 0.360. The van der Waals surface area contributed by atoms with Crippen LogP contribution in [0.4, 0.5) is 0 Å². The number of methoxy groups -OCH3 is 1. The zero-order chi connectivity index (χ0) is 14.5. The molecule has 2 N–H and O–H groups in total. The van der Waals surface area contributed by atoms with Crippen molar-refractivity contribution in [2.45, 2.75) is 13.2 Å². The first-order valence-corrected chi connectivity index (χ1v) is 6.83. The van der Waals surface area contributed by atoms with Crippen molar-refractivity contribution >= 4 is 23.2 Å². The number of halogens is 2. The van der Waals surface area contributed by atoms with E-state index in [0.717, 1.165) is 11.1 Å². The first-order valence-electron chi connectivity index (χ1n) is 6.07. The van der Waals surface area contributed by atoms with E-state index in [0.29, 0.717) is 34.7 Å². The lowest BCUT2D eigenvalue weighted by Crippen LogP contribution is -2.01. The minimum atomic E-state index is 0.360. The summed E-state index contributed by atoms with van der Waals surface area (Å²) >= 11 is 12.1. The Bertz CT molecular complexity index is 602. The second-order valence-corrected chi connectivity index (χ2v) is 5.08. The van der Waals surface area contributed by atoms with Gasteiger partial charge < -0.3 is 15.2 Å². The lowest BCUT2D eigenvalue weighted by molar-refractivity contribution is 0.284. The fraction of sp³-hybridized carbons (Fsp3) is 0.200. The Morgan fingerprint density at radius 3 is 2.55 bits per heavy atom. The molecule has 3 nitrogen and oxygen atoms in total. The summed E-state index contributed by atoms with van der Waals surface area (Å²) in [5.74, 6) is 1.08. The number of rotatable bonds is 5. The molecule has 20 heavy (non-hydrogen) atoms. The van der Waals surface area contributed by atoms with Crippen LogP contribution in [0, 0.1) is 0 Å². The van der Waals surface area contributed by atoms with Crippen LogP contribution >= 0.6 is 23.2 Å². The van der Waals surface area contributed by atoms with Gasteiger partial charge in [0, 0.05) is 11.6 Å². The molecular formula is C15H15Cl2NO2. The summed E-state index contributed by atoms with van der Waals surface area (Å²) in [6.45, 7) is 0.753. The molecule has 2 aromatic rings. The van der Waals surface area contributed by atoms with Gasteiger partial charge in [0.25, 0.3) is 0 Å². The Balaban J connectivity index is 2.20. The quantitative estimate of drug-likeness (QED) is 0.906. The standard InChI is InChI=1S/C15H15Cl2NO2/c1-19-14-7-11(8-18)6-13(17)15(14)20-9-10-3-2-4-12(16)5-10/h2-7H,8-9,18H2,1H3. The third-order valence-corrected chi connectivity index (χ3v) is 3.31. The highest BCUT2D eigenvalue weighted by Crippen LogP contribution is 2.36. The van der Waals surface area contributed by atoms with Crippen LogP contribution in [0.25, 0.3) is 0 Å². The molecular weight excluding hydrogens is 297 g/mol. The van der Waals surface area contributed by atoms with E-state index in [-0.39, 0.29) is 0 Å². The Hall–Kier alpha value is -1.42. The van der Waals surface area contributed by atoms with Crippen LogP contribution < -0.4 is 15.2 Å². The van der Waals surface area contributed by atoms with Crippen LogP contribution in [0.5, 0.6) is 11.5 Å². The SMILES string of the molecule is COc1cc(CN)cc(Cl)c1OCc1cccc(Cl)c1. The zero-order valence-corrected chi connectivity index (χ0v) is 12.5. The van der Waals surface area contributed by atoms with Crippen LogP contribution in [0.1, 0.15) is 11.1 Å². The molecule has 0 amide bonds. The molecule has 106 valence electrons. The second kappa shape index (κ2) is 6.84. The molecule has 0 bridgehead atoms. The fourth-order valence-electron chi connectivity index (χ4n) is 1.81. The molecule has 0 aliphatic heterocycles. The molecule has 2 aromatic carbocycles. The van der Waals surface area contributed by atoms with Gasteiger partial charge in [-0.05, 0) is 35.4 Å². The topological polar surface area (TPSA) is 44.5 Å². The highest BCUT2D eigenvalue weighted by Gasteiger charge is 2.12. The van der Waals surface area contributed by atoms with Crippen molar-refractivity contribution in [1.29, 1.82) is 0 Å². The van der Waals surface area contributed by atoms with Crippen molar-refractivity contribution in [2.24, 2.45) is 5.73 Å². The molecule has 0 fully saturated rings. The van der Waals surface area contributed by atoms with Crippen molar-refractivity contribution in [3.05, 3.63) is 57.6 Å². The van der Waals surface area contributed by atoms with Crippen molar-refractivity contribution in [1.82, 2.24) is 0 Å². The van der Waals surface area contributed by atoms with Gasteiger partial charge in [-0.1, -0.05) is 35.3 Å². The van der Waals surface area contributed by atoms with Gasteiger partial charge >= 0.3 is 0 Å². The van der Waals surface area contributed by atoms with E-state index in [9.17, 15) is 0 Å². The van der Waals surface area contributed by atoms with E-state index in [1.165, 1.54) is 0 Å². The summed E-state index contributed by atoms with van der Waals surface area (Å²) < 4.78 is 11.0. The largest absolute Gasteiger partial charge is 0.493 e. The van der Waals surface area contributed by atoms with Crippen LogP contribution in [-0.2, 0) is 13.2 Å². The Morgan fingerprint density at radius 1 is 1.10 bits per heavy atom. The fourth-order valence-corrected chi connectivity index (χ4v) is 2.31. The van der Waals surface area contributed by atoms with Gasteiger partial charge in [0.2, 0.25) is 0 Å². The summed E-state index contributed by atoms with van der Waals surface area (Å²) in [5, 5.41) is 1.15. The summed E-state index contributed by atoms with van der Waals surface area (Å²) in [6, 6.07) is 11.1. The summed E-state index contributed by atoms with van der Waals surface area (Å²) in [5.41, 5.74) is 7.45. The number of hydrogen-bond acceptors (Lipinski definition) is 3. The Kier molecular flexibility index (Phi) is 5.12. The van der Waals surface area contributed by atoms with Gasteiger partial charge in [-0.3, -0.25) is 0 Å². The maximum atomic E-state index is 6.20. The average Bonchev–Trinajstić information content (AvgIpc) is 2.45. The molecule has 0 radical (unpaired) electrons. The highest BCUT2D eigenvalue weighted by atomic mass is 35.5. The smallest absolute Gasteiger partial charge is 0.180 e. The van der Waals surface area contributed by atoms with E-state index in [2.05, 4.69) is 0 Å². The molecule has 0 spiro atoms. The van der Waals surface area contributed by atoms with Gasteiger partial charge in [-0.2, -0.15) is 0 Å². The van der Waals surface area contributed by atoms with Crippen LogP contribution in [0.3, 0.4) is 0 Å². The van der Waals surface area contributed by atoms with Crippen molar-refractivity contribution in [3.63, 3.8) is 0 Å². The van der Waals surface area contributed by atoms with Crippen molar-refractivity contribution in [3.8, 4) is 11.5 Å². The Labute approximate surface area is 128 Å². The molecule has 2 rings (SSSR count). The number of nitrogens with two attached hydrogens (primary N) is 1. The van der Waals surface area contributed by atoms with E-state index >= 15 is 0 Å². The van der Waals surface area contributed by atoms with Gasteiger partial charge in [-0.15, -0.1) is 0 Å². The average molecular weight is 312 g/mol. The maximum absolute atomic E-state index is 6.20. The van der Waals surface area contributed by atoms with E-state index in [1.54, 1.807) is 13.2 Å². The van der Waals surface area contributed by atoms with E-state index < -0.39 is 0 Å². The third-order valence-electron chi connectivity index (χ3n) is 2.80. The van der Waals surface area contributed by atoms with Crippen LogP contribution in [-0.4, -0.2) is 7.11 Å². The molecule has 0 atom stereocenters. The van der Waals surface area contributed by atoms with E-state index in [4.69, 9.17) is 38.4 Å². The molecule has 0 saturated heterocycles. The van der Waals surface area contributed by atoms with Gasteiger partial charge in [0.15, 0.2) is 11.5 Å². The molecule has 0 aliphatic carbocycles. The lowest BCUT2D eigenvalue weighted by atomic mass is 10.2. The molecule has 0 aromatic heterocycles.